The molecule has 0 aliphatic rings. The van der Waals surface area contributed by atoms with E-state index in [9.17, 15) is 37.7 Å². The van der Waals surface area contributed by atoms with Crippen LogP contribution in [0, 0.1) is 10.1 Å². The molecule has 0 saturated heterocycles. The zero-order valence-corrected chi connectivity index (χ0v) is 18.4. The summed E-state index contributed by atoms with van der Waals surface area (Å²) in [6.07, 6.45) is -2.13. The zero-order chi connectivity index (χ0) is 26.2. The Morgan fingerprint density at radius 3 is 2.37 bits per heavy atom. The molecular formula is C22H20F3N3O7. The van der Waals surface area contributed by atoms with E-state index in [4.69, 9.17) is 9.47 Å². The van der Waals surface area contributed by atoms with Crippen LogP contribution < -0.4 is 15.4 Å². The van der Waals surface area contributed by atoms with E-state index in [0.717, 1.165) is 6.07 Å². The molecule has 2 aromatic carbocycles. The Bertz CT molecular complexity index is 1130. The fourth-order valence-corrected chi connectivity index (χ4v) is 2.62. The van der Waals surface area contributed by atoms with Gasteiger partial charge in [-0.3, -0.25) is 19.7 Å². The van der Waals surface area contributed by atoms with Crippen LogP contribution in [-0.4, -0.2) is 42.5 Å². The Labute approximate surface area is 196 Å². The van der Waals surface area contributed by atoms with E-state index in [1.165, 1.54) is 26.2 Å². The van der Waals surface area contributed by atoms with Gasteiger partial charge >= 0.3 is 12.1 Å². The minimum atomic E-state index is -4.81. The van der Waals surface area contributed by atoms with Gasteiger partial charge in [0.25, 0.3) is 11.6 Å². The quantitative estimate of drug-likeness (QED) is 0.236. The molecule has 0 saturated carbocycles. The van der Waals surface area contributed by atoms with Gasteiger partial charge in [0, 0.05) is 12.1 Å². The number of nitrogens with zero attached hydrogens (tertiary/aromatic N) is 1. The Morgan fingerprint density at radius 2 is 1.80 bits per heavy atom. The van der Waals surface area contributed by atoms with E-state index >= 15 is 0 Å². The van der Waals surface area contributed by atoms with Crippen molar-refractivity contribution in [2.75, 3.05) is 19.0 Å². The lowest BCUT2D eigenvalue weighted by molar-refractivity contribution is -0.384. The van der Waals surface area contributed by atoms with Gasteiger partial charge in [0.05, 0.1) is 17.6 Å². The third kappa shape index (κ3) is 8.14. The first-order chi connectivity index (χ1) is 16.4. The van der Waals surface area contributed by atoms with Gasteiger partial charge in [-0.05, 0) is 42.8 Å². The summed E-state index contributed by atoms with van der Waals surface area (Å²) < 4.78 is 48.1. The molecule has 1 unspecified atom stereocenters. The number of alkyl halides is 3. The van der Waals surface area contributed by atoms with Gasteiger partial charge in [0.15, 0.2) is 6.61 Å². The number of ether oxygens (including phenoxy) is 2. The van der Waals surface area contributed by atoms with Crippen molar-refractivity contribution in [2.45, 2.75) is 19.1 Å². The Kier molecular flexibility index (Phi) is 8.91. The molecule has 13 heteroatoms. The van der Waals surface area contributed by atoms with Crippen molar-refractivity contribution in [1.82, 2.24) is 5.32 Å². The number of hydrogen-bond acceptors (Lipinski definition) is 7. The maximum Gasteiger partial charge on any atom is 0.416 e. The van der Waals surface area contributed by atoms with Crippen LogP contribution in [0.2, 0.25) is 0 Å². The molecule has 0 radical (unpaired) electrons. The van der Waals surface area contributed by atoms with Crippen molar-refractivity contribution in [3.8, 4) is 5.75 Å². The number of esters is 1. The SMILES string of the molecule is COc1ccc(/C=C/C(=O)NC(C)C(=O)OCC(=O)Nc2ccc(C(F)(F)F)cc2[N+](=O)[O-])cc1. The average molecular weight is 495 g/mol. The maximum atomic E-state index is 12.8. The van der Waals surface area contributed by atoms with Crippen molar-refractivity contribution < 1.29 is 42.0 Å². The van der Waals surface area contributed by atoms with Crippen molar-refractivity contribution >= 4 is 35.2 Å². The van der Waals surface area contributed by atoms with Crippen LogP contribution in [0.15, 0.2) is 48.5 Å². The van der Waals surface area contributed by atoms with Crippen LogP contribution in [0.4, 0.5) is 24.5 Å². The topological polar surface area (TPSA) is 137 Å². The molecule has 1 atom stereocenters. The standard InChI is InChI=1S/C22H20F3N3O7/c1-13(26-19(29)10-5-14-3-7-16(34-2)8-4-14)21(31)35-12-20(30)27-17-9-6-15(22(23,24)25)11-18(17)28(32)33/h3-11,13H,12H2,1-2H3,(H,26,29)(H,27,30)/b10-5+. The molecule has 186 valence electrons. The Morgan fingerprint density at radius 1 is 1.14 bits per heavy atom. The molecule has 2 amide bonds. The highest BCUT2D eigenvalue weighted by atomic mass is 19.4. The van der Waals surface area contributed by atoms with Gasteiger partial charge in [-0.1, -0.05) is 12.1 Å². The molecular weight excluding hydrogens is 475 g/mol. The van der Waals surface area contributed by atoms with Gasteiger partial charge in [0.2, 0.25) is 5.91 Å². The highest BCUT2D eigenvalue weighted by Gasteiger charge is 2.33. The number of hydrogen-bond donors (Lipinski definition) is 2. The van der Waals surface area contributed by atoms with Gasteiger partial charge in [-0.15, -0.1) is 0 Å². The monoisotopic (exact) mass is 495 g/mol. The normalized spacial score (nSPS) is 12.0. The first-order valence-electron chi connectivity index (χ1n) is 9.85. The van der Waals surface area contributed by atoms with E-state index < -0.39 is 58.5 Å². The molecule has 0 heterocycles. The number of carbonyl (C=O) groups is 3. The number of halogens is 3. The van der Waals surface area contributed by atoms with Gasteiger partial charge in [-0.25, -0.2) is 4.79 Å². The first kappa shape index (κ1) is 26.8. The van der Waals surface area contributed by atoms with E-state index in [-0.39, 0.29) is 6.07 Å². The lowest BCUT2D eigenvalue weighted by atomic mass is 10.1. The lowest BCUT2D eigenvalue weighted by Crippen LogP contribution is -2.39. The summed E-state index contributed by atoms with van der Waals surface area (Å²) in [5.74, 6) is -1.98. The van der Waals surface area contributed by atoms with Crippen LogP contribution in [0.1, 0.15) is 18.1 Å². The highest BCUT2D eigenvalue weighted by molar-refractivity contribution is 5.96. The molecule has 35 heavy (non-hydrogen) atoms. The molecule has 2 aromatic rings. The number of nitro groups is 1. The molecule has 0 aliphatic carbocycles. The molecule has 0 aromatic heterocycles. The summed E-state index contributed by atoms with van der Waals surface area (Å²) in [7, 11) is 1.51. The van der Waals surface area contributed by atoms with Crippen molar-refractivity contribution in [1.29, 1.82) is 0 Å². The van der Waals surface area contributed by atoms with Crippen molar-refractivity contribution in [2.24, 2.45) is 0 Å². The molecule has 2 N–H and O–H groups in total. The zero-order valence-electron chi connectivity index (χ0n) is 18.4. The summed E-state index contributed by atoms with van der Waals surface area (Å²) >= 11 is 0. The second-order valence-electron chi connectivity index (χ2n) is 6.98. The number of nitro benzene ring substituents is 1. The Balaban J connectivity index is 1.88. The number of amides is 2. The Hall–Kier alpha value is -4.42. The average Bonchev–Trinajstić information content (AvgIpc) is 2.80. The van der Waals surface area contributed by atoms with E-state index in [1.807, 2.05) is 5.32 Å². The summed E-state index contributed by atoms with van der Waals surface area (Å²) in [5, 5.41) is 15.4. The summed E-state index contributed by atoms with van der Waals surface area (Å²) in [5.41, 5.74) is -2.05. The molecule has 2 rings (SSSR count). The second-order valence-corrected chi connectivity index (χ2v) is 6.98. The predicted octanol–water partition coefficient (Wildman–Crippen LogP) is 3.32. The number of benzene rings is 2. The van der Waals surface area contributed by atoms with Crippen molar-refractivity contribution in [3.05, 3.63) is 69.8 Å². The van der Waals surface area contributed by atoms with Crippen LogP contribution in [0.3, 0.4) is 0 Å². The minimum absolute atomic E-state index is 0.276. The fraction of sp³-hybridized carbons (Fsp3) is 0.227. The third-order valence-electron chi connectivity index (χ3n) is 4.40. The largest absolute Gasteiger partial charge is 0.497 e. The van der Waals surface area contributed by atoms with Crippen LogP contribution in [-0.2, 0) is 25.3 Å². The fourth-order valence-electron chi connectivity index (χ4n) is 2.62. The number of methoxy groups -OCH3 is 1. The highest BCUT2D eigenvalue weighted by Crippen LogP contribution is 2.34. The predicted molar refractivity (Wildman–Crippen MR) is 117 cm³/mol. The van der Waals surface area contributed by atoms with E-state index in [1.54, 1.807) is 24.3 Å². The van der Waals surface area contributed by atoms with E-state index in [2.05, 4.69) is 5.32 Å². The molecule has 10 nitrogen and oxygen atoms in total. The molecule has 0 aliphatic heterocycles. The van der Waals surface area contributed by atoms with Crippen LogP contribution in [0.25, 0.3) is 6.08 Å². The van der Waals surface area contributed by atoms with Gasteiger partial charge in [0.1, 0.15) is 17.5 Å². The smallest absolute Gasteiger partial charge is 0.416 e. The van der Waals surface area contributed by atoms with Crippen LogP contribution in [0.5, 0.6) is 5.75 Å². The minimum Gasteiger partial charge on any atom is -0.497 e. The molecule has 0 spiro atoms. The number of nitrogens with one attached hydrogen (secondary N) is 2. The third-order valence-corrected chi connectivity index (χ3v) is 4.40. The number of rotatable bonds is 9. The van der Waals surface area contributed by atoms with Gasteiger partial charge in [-0.2, -0.15) is 13.2 Å². The second kappa shape index (κ2) is 11.6. The number of anilines is 1. The van der Waals surface area contributed by atoms with Gasteiger partial charge < -0.3 is 20.1 Å². The first-order valence-corrected chi connectivity index (χ1v) is 9.85. The summed E-state index contributed by atoms with van der Waals surface area (Å²) in [6, 6.07) is 7.23. The van der Waals surface area contributed by atoms with Crippen molar-refractivity contribution in [3.63, 3.8) is 0 Å². The maximum absolute atomic E-state index is 12.8. The van der Waals surface area contributed by atoms with E-state index in [0.29, 0.717) is 17.4 Å². The molecule has 0 fully saturated rings. The van der Waals surface area contributed by atoms with Crippen LogP contribution >= 0.6 is 0 Å². The summed E-state index contributed by atoms with van der Waals surface area (Å²) in [6.45, 7) is 0.416. The number of carbonyl (C=O) groups excluding carboxylic acids is 3. The molecule has 0 bridgehead atoms. The lowest BCUT2D eigenvalue weighted by Gasteiger charge is -2.13. The summed E-state index contributed by atoms with van der Waals surface area (Å²) in [4.78, 5) is 46.0.